The summed E-state index contributed by atoms with van der Waals surface area (Å²) in [6, 6.07) is 11.5. The Morgan fingerprint density at radius 2 is 1.50 bits per heavy atom. The summed E-state index contributed by atoms with van der Waals surface area (Å²) in [6.07, 6.45) is 0. The standard InChI is InChI=1S/C18H19N3O3/c1-11-7-8-16(10-17(11)19-13(3)23)21-18(24)20-15-6-4-5-14(9-15)12(2)22/h4-10H,1-3H3,(H,19,23)(H2,20,21,24). The van der Waals surface area contributed by atoms with Crippen LogP contribution in [0.3, 0.4) is 0 Å². The quantitative estimate of drug-likeness (QED) is 0.747. The molecule has 0 spiro atoms. The molecule has 2 aromatic carbocycles. The maximum absolute atomic E-state index is 12.1. The van der Waals surface area contributed by atoms with Crippen molar-refractivity contribution in [3.63, 3.8) is 0 Å². The van der Waals surface area contributed by atoms with Gasteiger partial charge in [0.05, 0.1) is 0 Å². The Bertz CT molecular complexity index is 800. The van der Waals surface area contributed by atoms with E-state index < -0.39 is 6.03 Å². The van der Waals surface area contributed by atoms with Gasteiger partial charge in [0.25, 0.3) is 0 Å². The third kappa shape index (κ3) is 4.67. The second-order valence-electron chi connectivity index (χ2n) is 5.43. The minimum Gasteiger partial charge on any atom is -0.326 e. The maximum atomic E-state index is 12.1. The topological polar surface area (TPSA) is 87.3 Å². The number of hydrogen-bond acceptors (Lipinski definition) is 3. The van der Waals surface area contributed by atoms with Crippen LogP contribution < -0.4 is 16.0 Å². The SMILES string of the molecule is CC(=O)Nc1cc(NC(=O)Nc2cccc(C(C)=O)c2)ccc1C. The average molecular weight is 325 g/mol. The van der Waals surface area contributed by atoms with E-state index in [9.17, 15) is 14.4 Å². The van der Waals surface area contributed by atoms with E-state index in [1.54, 1.807) is 42.5 Å². The molecular weight excluding hydrogens is 306 g/mol. The minimum atomic E-state index is -0.437. The minimum absolute atomic E-state index is 0.0717. The Kier molecular flexibility index (Phi) is 5.31. The molecule has 0 aliphatic heterocycles. The van der Waals surface area contributed by atoms with Crippen LogP contribution in [0.1, 0.15) is 29.8 Å². The summed E-state index contributed by atoms with van der Waals surface area (Å²) in [5.74, 6) is -0.252. The molecule has 24 heavy (non-hydrogen) atoms. The van der Waals surface area contributed by atoms with Crippen molar-refractivity contribution in [1.29, 1.82) is 0 Å². The van der Waals surface area contributed by atoms with Gasteiger partial charge in [-0.25, -0.2) is 4.79 Å². The molecule has 3 N–H and O–H groups in total. The first-order valence-electron chi connectivity index (χ1n) is 7.42. The van der Waals surface area contributed by atoms with Crippen LogP contribution in [0.2, 0.25) is 0 Å². The molecule has 0 aromatic heterocycles. The van der Waals surface area contributed by atoms with Gasteiger partial charge in [-0.3, -0.25) is 9.59 Å². The fraction of sp³-hybridized carbons (Fsp3) is 0.167. The van der Waals surface area contributed by atoms with Crippen LogP contribution in [0.25, 0.3) is 0 Å². The van der Waals surface area contributed by atoms with Crippen molar-refractivity contribution in [3.05, 3.63) is 53.6 Å². The van der Waals surface area contributed by atoms with Crippen molar-refractivity contribution in [1.82, 2.24) is 0 Å². The zero-order valence-electron chi connectivity index (χ0n) is 13.8. The first kappa shape index (κ1) is 17.2. The van der Waals surface area contributed by atoms with E-state index in [1.165, 1.54) is 13.8 Å². The largest absolute Gasteiger partial charge is 0.326 e. The molecule has 0 bridgehead atoms. The summed E-state index contributed by atoms with van der Waals surface area (Å²) in [6.45, 7) is 4.76. The lowest BCUT2D eigenvalue weighted by molar-refractivity contribution is -0.114. The van der Waals surface area contributed by atoms with E-state index in [0.29, 0.717) is 22.6 Å². The van der Waals surface area contributed by atoms with Gasteiger partial charge >= 0.3 is 6.03 Å². The second kappa shape index (κ2) is 7.41. The molecule has 0 fully saturated rings. The third-order valence-corrected chi connectivity index (χ3v) is 3.33. The number of amides is 3. The number of Topliss-reactive ketones (excluding diaryl/α,β-unsaturated/α-hetero) is 1. The zero-order valence-corrected chi connectivity index (χ0v) is 13.8. The third-order valence-electron chi connectivity index (χ3n) is 3.33. The highest BCUT2D eigenvalue weighted by Crippen LogP contribution is 2.20. The van der Waals surface area contributed by atoms with Crippen LogP contribution in [0, 0.1) is 6.92 Å². The number of ketones is 1. The van der Waals surface area contributed by atoms with Crippen molar-refractivity contribution in [2.24, 2.45) is 0 Å². The van der Waals surface area contributed by atoms with E-state index in [-0.39, 0.29) is 11.7 Å². The van der Waals surface area contributed by atoms with Crippen molar-refractivity contribution < 1.29 is 14.4 Å². The smallest absolute Gasteiger partial charge is 0.323 e. The number of hydrogen-bond donors (Lipinski definition) is 3. The van der Waals surface area contributed by atoms with Gasteiger partial charge in [-0.15, -0.1) is 0 Å². The predicted octanol–water partition coefficient (Wildman–Crippen LogP) is 3.80. The normalized spacial score (nSPS) is 9.96. The lowest BCUT2D eigenvalue weighted by Gasteiger charge is -2.11. The fourth-order valence-electron chi connectivity index (χ4n) is 2.13. The van der Waals surface area contributed by atoms with Crippen LogP contribution in [0.4, 0.5) is 21.9 Å². The van der Waals surface area contributed by atoms with Crippen LogP contribution in [0.5, 0.6) is 0 Å². The Labute approximate surface area is 140 Å². The van der Waals surface area contributed by atoms with Gasteiger partial charge in [-0.1, -0.05) is 18.2 Å². The summed E-state index contributed by atoms with van der Waals surface area (Å²) >= 11 is 0. The van der Waals surface area contributed by atoms with E-state index >= 15 is 0 Å². The first-order valence-corrected chi connectivity index (χ1v) is 7.42. The molecule has 0 aliphatic carbocycles. The molecular formula is C18H19N3O3. The van der Waals surface area contributed by atoms with Crippen molar-refractivity contribution in [3.8, 4) is 0 Å². The molecule has 124 valence electrons. The highest BCUT2D eigenvalue weighted by Gasteiger charge is 2.07. The Morgan fingerprint density at radius 1 is 0.833 bits per heavy atom. The molecule has 0 heterocycles. The molecule has 2 aromatic rings. The van der Waals surface area contributed by atoms with E-state index in [0.717, 1.165) is 5.56 Å². The van der Waals surface area contributed by atoms with Crippen LogP contribution in [0.15, 0.2) is 42.5 Å². The van der Waals surface area contributed by atoms with Gasteiger partial charge in [0.15, 0.2) is 5.78 Å². The number of carbonyl (C=O) groups is 3. The molecule has 6 nitrogen and oxygen atoms in total. The zero-order chi connectivity index (χ0) is 17.7. The monoisotopic (exact) mass is 325 g/mol. The van der Waals surface area contributed by atoms with Crippen molar-refractivity contribution >= 4 is 34.8 Å². The molecule has 0 aliphatic rings. The summed E-state index contributed by atoms with van der Waals surface area (Å²) < 4.78 is 0. The molecule has 0 radical (unpaired) electrons. The number of benzene rings is 2. The molecule has 3 amide bonds. The first-order chi connectivity index (χ1) is 11.3. The summed E-state index contributed by atoms with van der Waals surface area (Å²) in [5, 5.41) is 8.07. The molecule has 0 unspecified atom stereocenters. The average Bonchev–Trinajstić information content (AvgIpc) is 2.50. The molecule has 6 heteroatoms. The Morgan fingerprint density at radius 3 is 2.12 bits per heavy atom. The molecule has 2 rings (SSSR count). The highest BCUT2D eigenvalue weighted by atomic mass is 16.2. The number of carbonyl (C=O) groups excluding carboxylic acids is 3. The molecule has 0 saturated carbocycles. The number of aryl methyl sites for hydroxylation is 1. The number of anilines is 3. The van der Waals surface area contributed by atoms with Crippen molar-refractivity contribution in [2.75, 3.05) is 16.0 Å². The number of urea groups is 1. The second-order valence-corrected chi connectivity index (χ2v) is 5.43. The summed E-state index contributed by atoms with van der Waals surface area (Å²) in [4.78, 5) is 34.6. The van der Waals surface area contributed by atoms with Gasteiger partial charge in [0.2, 0.25) is 5.91 Å². The van der Waals surface area contributed by atoms with Gasteiger partial charge in [-0.2, -0.15) is 0 Å². The summed E-state index contributed by atoms with van der Waals surface area (Å²) in [7, 11) is 0. The molecule has 0 saturated heterocycles. The Balaban J connectivity index is 2.08. The summed E-state index contributed by atoms with van der Waals surface area (Å²) in [5.41, 5.74) is 3.12. The van der Waals surface area contributed by atoms with Crippen LogP contribution >= 0.6 is 0 Å². The van der Waals surface area contributed by atoms with Gasteiger partial charge in [-0.05, 0) is 43.7 Å². The van der Waals surface area contributed by atoms with Crippen LogP contribution in [-0.4, -0.2) is 17.7 Å². The maximum Gasteiger partial charge on any atom is 0.323 e. The predicted molar refractivity (Wildman–Crippen MR) is 94.6 cm³/mol. The lowest BCUT2D eigenvalue weighted by Crippen LogP contribution is -2.19. The van der Waals surface area contributed by atoms with E-state index in [2.05, 4.69) is 16.0 Å². The lowest BCUT2D eigenvalue weighted by atomic mass is 10.1. The molecule has 0 atom stereocenters. The number of rotatable bonds is 4. The number of nitrogens with one attached hydrogen (secondary N) is 3. The van der Waals surface area contributed by atoms with E-state index in [1.807, 2.05) is 6.92 Å². The van der Waals surface area contributed by atoms with Gasteiger partial charge in [0, 0.05) is 29.5 Å². The van der Waals surface area contributed by atoms with Gasteiger partial charge < -0.3 is 16.0 Å². The van der Waals surface area contributed by atoms with Gasteiger partial charge in [0.1, 0.15) is 0 Å². The Hall–Kier alpha value is -3.15. The fourth-order valence-corrected chi connectivity index (χ4v) is 2.13. The van der Waals surface area contributed by atoms with Crippen LogP contribution in [-0.2, 0) is 4.79 Å². The van der Waals surface area contributed by atoms with E-state index in [4.69, 9.17) is 0 Å². The highest BCUT2D eigenvalue weighted by molar-refractivity contribution is 6.02. The van der Waals surface area contributed by atoms with Crippen molar-refractivity contribution in [2.45, 2.75) is 20.8 Å².